The summed E-state index contributed by atoms with van der Waals surface area (Å²) in [6.45, 7) is 4.16. The van der Waals surface area contributed by atoms with Gasteiger partial charge < -0.3 is 4.74 Å². The van der Waals surface area contributed by atoms with Gasteiger partial charge >= 0.3 is 0 Å². The molecule has 3 nitrogen and oxygen atoms in total. The molecule has 0 N–H and O–H groups in total. The zero-order chi connectivity index (χ0) is 10.1. The fourth-order valence-electron chi connectivity index (χ4n) is 1.11. The average Bonchev–Trinajstić information content (AvgIpc) is 2.36. The Morgan fingerprint density at radius 1 is 1.62 bits per heavy atom. The van der Waals surface area contributed by atoms with Gasteiger partial charge in [0, 0.05) is 20.6 Å². The third-order valence-corrected chi connectivity index (χ3v) is 3.06. The predicted octanol–water partition coefficient (Wildman–Crippen LogP) is 1.99. The maximum Gasteiger partial charge on any atom is 0.0678 e. The first kappa shape index (κ1) is 11.0. The number of rotatable bonds is 3. The van der Waals surface area contributed by atoms with E-state index in [1.165, 1.54) is 9.26 Å². The van der Waals surface area contributed by atoms with E-state index in [1.54, 1.807) is 7.11 Å². The van der Waals surface area contributed by atoms with Crippen LogP contribution >= 0.6 is 22.6 Å². The van der Waals surface area contributed by atoms with Crippen LogP contribution in [-0.2, 0) is 18.2 Å². The summed E-state index contributed by atoms with van der Waals surface area (Å²) in [5.41, 5.74) is 1.11. The van der Waals surface area contributed by atoms with Crippen molar-refractivity contribution in [2.45, 2.75) is 25.9 Å². The molecule has 74 valence electrons. The van der Waals surface area contributed by atoms with Gasteiger partial charge in [0.2, 0.25) is 0 Å². The largest absolute Gasteiger partial charge is 0.378 e. The van der Waals surface area contributed by atoms with Crippen molar-refractivity contribution in [2.75, 3.05) is 7.11 Å². The lowest BCUT2D eigenvalue weighted by Gasteiger charge is -2.22. The minimum atomic E-state index is -0.117. The average molecular weight is 294 g/mol. The lowest BCUT2D eigenvalue weighted by Crippen LogP contribution is -2.27. The zero-order valence-electron chi connectivity index (χ0n) is 8.47. The van der Waals surface area contributed by atoms with Crippen LogP contribution in [0.15, 0.2) is 6.20 Å². The molecule has 0 spiro atoms. The highest BCUT2D eigenvalue weighted by atomic mass is 127. The van der Waals surface area contributed by atoms with Crippen molar-refractivity contribution in [3.05, 3.63) is 15.5 Å². The molecule has 0 saturated heterocycles. The molecule has 0 fully saturated rings. The van der Waals surface area contributed by atoms with Crippen LogP contribution < -0.4 is 0 Å². The van der Waals surface area contributed by atoms with Gasteiger partial charge in [-0.3, -0.25) is 4.68 Å². The minimum Gasteiger partial charge on any atom is -0.378 e. The number of nitrogens with zero attached hydrogens (tertiary/aromatic N) is 2. The van der Waals surface area contributed by atoms with Gasteiger partial charge in [-0.25, -0.2) is 0 Å². The molecule has 0 bridgehead atoms. The summed E-state index contributed by atoms with van der Waals surface area (Å²) in [4.78, 5) is 0. The molecule has 0 aliphatic heterocycles. The molecule has 1 rings (SSSR count). The van der Waals surface area contributed by atoms with Crippen molar-refractivity contribution in [3.8, 4) is 0 Å². The topological polar surface area (TPSA) is 27.1 Å². The summed E-state index contributed by atoms with van der Waals surface area (Å²) in [5.74, 6) is 0. The summed E-state index contributed by atoms with van der Waals surface area (Å²) in [6, 6.07) is 0. The molecule has 0 amide bonds. The molecule has 0 radical (unpaired) electrons. The van der Waals surface area contributed by atoms with E-state index < -0.39 is 0 Å². The number of aryl methyl sites for hydroxylation is 1. The molecule has 4 heteroatoms. The van der Waals surface area contributed by atoms with Crippen molar-refractivity contribution in [1.82, 2.24) is 9.78 Å². The highest BCUT2D eigenvalue weighted by Crippen LogP contribution is 2.19. The third kappa shape index (κ3) is 2.67. The molecule has 0 aromatic carbocycles. The van der Waals surface area contributed by atoms with E-state index in [2.05, 4.69) is 41.5 Å². The molecular weight excluding hydrogens is 279 g/mol. The lowest BCUT2D eigenvalue weighted by atomic mass is 10.0. The number of ether oxygens (including phenoxy) is 1. The van der Waals surface area contributed by atoms with Gasteiger partial charge in [0.15, 0.2) is 0 Å². The number of methoxy groups -OCH3 is 1. The molecule has 1 aromatic rings. The van der Waals surface area contributed by atoms with E-state index in [0.29, 0.717) is 0 Å². The van der Waals surface area contributed by atoms with Crippen LogP contribution in [0.4, 0.5) is 0 Å². The Kier molecular flexibility index (Phi) is 3.34. The van der Waals surface area contributed by atoms with Gasteiger partial charge in [-0.15, -0.1) is 0 Å². The maximum atomic E-state index is 5.38. The van der Waals surface area contributed by atoms with E-state index in [0.717, 1.165) is 6.42 Å². The Labute approximate surface area is 92.6 Å². The number of halogens is 1. The molecule has 0 unspecified atom stereocenters. The molecule has 0 aliphatic rings. The molecule has 0 saturated carbocycles. The van der Waals surface area contributed by atoms with Crippen molar-refractivity contribution < 1.29 is 4.74 Å². The van der Waals surface area contributed by atoms with E-state index in [-0.39, 0.29) is 5.60 Å². The first-order chi connectivity index (χ1) is 5.96. The number of hydrogen-bond donors (Lipinski definition) is 0. The van der Waals surface area contributed by atoms with Gasteiger partial charge in [-0.2, -0.15) is 5.10 Å². The van der Waals surface area contributed by atoms with Gasteiger partial charge in [0.05, 0.1) is 21.1 Å². The second kappa shape index (κ2) is 3.96. The fraction of sp³-hybridized carbons (Fsp3) is 0.667. The number of hydrogen-bond acceptors (Lipinski definition) is 2. The summed E-state index contributed by atoms with van der Waals surface area (Å²) >= 11 is 2.30. The van der Waals surface area contributed by atoms with Crippen molar-refractivity contribution in [2.24, 2.45) is 7.05 Å². The highest BCUT2D eigenvalue weighted by molar-refractivity contribution is 14.1. The zero-order valence-corrected chi connectivity index (χ0v) is 10.6. The first-order valence-electron chi connectivity index (χ1n) is 4.18. The highest BCUT2D eigenvalue weighted by Gasteiger charge is 2.20. The van der Waals surface area contributed by atoms with Gasteiger partial charge in [-0.1, -0.05) is 0 Å². The Hall–Kier alpha value is -0.100. The van der Waals surface area contributed by atoms with E-state index in [9.17, 15) is 0 Å². The third-order valence-electron chi connectivity index (χ3n) is 2.16. The Morgan fingerprint density at radius 3 is 2.62 bits per heavy atom. The Balaban J connectivity index is 2.85. The van der Waals surface area contributed by atoms with Crippen molar-refractivity contribution >= 4 is 22.6 Å². The Morgan fingerprint density at radius 2 is 2.23 bits per heavy atom. The quantitative estimate of drug-likeness (QED) is 0.797. The standard InChI is InChI=1S/C9H15IN2O/c1-9(2,13-4)5-8-7(10)6-11-12(8)3/h6H,5H2,1-4H3. The summed E-state index contributed by atoms with van der Waals surface area (Å²) in [5, 5.41) is 4.19. The number of aromatic nitrogens is 2. The normalized spacial score (nSPS) is 12.1. The van der Waals surface area contributed by atoms with E-state index >= 15 is 0 Å². The van der Waals surface area contributed by atoms with Crippen LogP contribution in [0.25, 0.3) is 0 Å². The second-order valence-electron chi connectivity index (χ2n) is 3.70. The monoisotopic (exact) mass is 294 g/mol. The van der Waals surface area contributed by atoms with Crippen molar-refractivity contribution in [1.29, 1.82) is 0 Å². The summed E-state index contributed by atoms with van der Waals surface area (Å²) in [6.07, 6.45) is 2.76. The maximum absolute atomic E-state index is 5.38. The molecule has 0 aliphatic carbocycles. The second-order valence-corrected chi connectivity index (χ2v) is 4.87. The molecular formula is C9H15IN2O. The van der Waals surface area contributed by atoms with E-state index in [4.69, 9.17) is 4.74 Å². The molecule has 0 atom stereocenters. The molecule has 13 heavy (non-hydrogen) atoms. The molecule has 1 heterocycles. The summed E-state index contributed by atoms with van der Waals surface area (Å²) in [7, 11) is 3.70. The van der Waals surface area contributed by atoms with Crippen LogP contribution in [0.5, 0.6) is 0 Å². The lowest BCUT2D eigenvalue weighted by molar-refractivity contribution is 0.0215. The Bertz CT molecular complexity index is 274. The fourth-order valence-corrected chi connectivity index (χ4v) is 1.77. The van der Waals surface area contributed by atoms with Crippen LogP contribution in [0.3, 0.4) is 0 Å². The van der Waals surface area contributed by atoms with Crippen molar-refractivity contribution in [3.63, 3.8) is 0 Å². The van der Waals surface area contributed by atoms with Crippen LogP contribution in [0.1, 0.15) is 19.5 Å². The molecule has 1 aromatic heterocycles. The van der Waals surface area contributed by atoms with Gasteiger partial charge in [-0.05, 0) is 36.4 Å². The van der Waals surface area contributed by atoms with Gasteiger partial charge in [0.25, 0.3) is 0 Å². The SMILES string of the molecule is COC(C)(C)Cc1c(I)cnn1C. The van der Waals surface area contributed by atoms with Crippen LogP contribution in [0.2, 0.25) is 0 Å². The summed E-state index contributed by atoms with van der Waals surface area (Å²) < 4.78 is 8.48. The van der Waals surface area contributed by atoms with E-state index in [1.807, 2.05) is 17.9 Å². The minimum absolute atomic E-state index is 0.117. The van der Waals surface area contributed by atoms with Gasteiger partial charge in [0.1, 0.15) is 0 Å². The smallest absolute Gasteiger partial charge is 0.0678 e. The first-order valence-corrected chi connectivity index (χ1v) is 5.25. The predicted molar refractivity (Wildman–Crippen MR) is 60.7 cm³/mol. The van der Waals surface area contributed by atoms with Crippen LogP contribution in [0, 0.1) is 3.57 Å². The van der Waals surface area contributed by atoms with Crippen LogP contribution in [-0.4, -0.2) is 22.5 Å².